The van der Waals surface area contributed by atoms with Crippen LogP contribution >= 0.6 is 0 Å². The van der Waals surface area contributed by atoms with Crippen molar-refractivity contribution in [1.82, 2.24) is 0 Å². The standard InChI is InChI=1S/Na.2O.V.H/q+1;;;;-1. The molecule has 0 aliphatic rings. The summed E-state index contributed by atoms with van der Waals surface area (Å²) in [5, 5.41) is 0. The molecule has 0 aromatic carbocycles. The fraction of sp³-hybridized carbons (Fsp3) is 0. The number of rotatable bonds is 0. The van der Waals surface area contributed by atoms with Crippen LogP contribution in [0.3, 0.4) is 0 Å². The summed E-state index contributed by atoms with van der Waals surface area (Å²) in [6, 6.07) is 0. The third kappa shape index (κ3) is 10.8. The van der Waals surface area contributed by atoms with E-state index in [-0.39, 0.29) is 31.0 Å². The molecule has 0 aliphatic carbocycles. The molecule has 0 heterocycles. The van der Waals surface area contributed by atoms with E-state index in [2.05, 4.69) is 0 Å². The second-order valence-corrected chi connectivity index (χ2v) is 0.307. The summed E-state index contributed by atoms with van der Waals surface area (Å²) < 4.78 is 16.9. The Bertz CT molecular complexity index is 30.6. The van der Waals surface area contributed by atoms with Gasteiger partial charge in [0, 0.05) is 0 Å². The molecule has 0 unspecified atom stereocenters. The van der Waals surface area contributed by atoms with Crippen LogP contribution in [0, 0.1) is 0 Å². The molecule has 2 nitrogen and oxygen atoms in total. The molecule has 0 aliphatic heterocycles. The van der Waals surface area contributed by atoms with Gasteiger partial charge in [-0.05, 0) is 0 Å². The van der Waals surface area contributed by atoms with Crippen LogP contribution < -0.4 is 29.6 Å². The number of hydrogen-bond donors (Lipinski definition) is 0. The first kappa shape index (κ1) is 8.95. The first-order valence-corrected chi connectivity index (χ1v) is 1.51. The van der Waals surface area contributed by atoms with Crippen LogP contribution in [0.1, 0.15) is 1.43 Å². The molecule has 0 fully saturated rings. The molecular weight excluding hydrogens is 106 g/mol. The van der Waals surface area contributed by atoms with Crippen molar-refractivity contribution in [2.45, 2.75) is 0 Å². The van der Waals surface area contributed by atoms with Crippen molar-refractivity contribution in [3.63, 3.8) is 0 Å². The molecule has 4 heavy (non-hydrogen) atoms. The zero-order valence-electron chi connectivity index (χ0n) is 3.26. The molecule has 0 rings (SSSR count). The average Bonchev–Trinajstić information content (AvgIpc) is 0.918. The Balaban J connectivity index is -0.0000000200. The van der Waals surface area contributed by atoms with E-state index in [1.807, 2.05) is 0 Å². The maximum atomic E-state index is 8.47. The molecule has 0 aromatic rings. The molecule has 0 saturated heterocycles. The van der Waals surface area contributed by atoms with Crippen LogP contribution in [0.5, 0.6) is 0 Å². The molecule has 0 spiro atoms. The van der Waals surface area contributed by atoms with Crippen molar-refractivity contribution in [2.24, 2.45) is 0 Å². The van der Waals surface area contributed by atoms with Gasteiger partial charge in [0.15, 0.2) is 0 Å². The Kier molecular flexibility index (Phi) is 19.9. The molecule has 0 saturated carbocycles. The van der Waals surface area contributed by atoms with Crippen LogP contribution in [-0.4, -0.2) is 0 Å². The van der Waals surface area contributed by atoms with Crippen molar-refractivity contribution >= 4 is 0 Å². The first-order chi connectivity index (χ1) is 1.41. The van der Waals surface area contributed by atoms with Crippen LogP contribution in [0.4, 0.5) is 0 Å². The monoisotopic (exact) mass is 107 g/mol. The van der Waals surface area contributed by atoms with Gasteiger partial charge in [-0.2, -0.15) is 0 Å². The van der Waals surface area contributed by atoms with E-state index in [0.717, 1.165) is 0 Å². The van der Waals surface area contributed by atoms with Crippen molar-refractivity contribution in [2.75, 3.05) is 0 Å². The molecule has 0 aromatic heterocycles. The second-order valence-electron chi connectivity index (χ2n) is 0.0745. The fourth-order valence-corrected chi connectivity index (χ4v) is 0. The Hall–Kier alpha value is 1.18. The van der Waals surface area contributed by atoms with Gasteiger partial charge in [-0.25, -0.2) is 0 Å². The van der Waals surface area contributed by atoms with Gasteiger partial charge in [0.1, 0.15) is 0 Å². The van der Waals surface area contributed by atoms with Gasteiger partial charge >= 0.3 is 53.1 Å². The van der Waals surface area contributed by atoms with Gasteiger partial charge in [-0.3, -0.25) is 0 Å². The summed E-state index contributed by atoms with van der Waals surface area (Å²) in [4.78, 5) is 0. The molecule has 0 bridgehead atoms. The van der Waals surface area contributed by atoms with Gasteiger partial charge in [0.2, 0.25) is 0 Å². The molecule has 19 valence electrons. The normalized spacial score (nSPS) is 2.00. The molecular formula is HNaO2V. The zero-order chi connectivity index (χ0) is 2.71. The Labute approximate surface area is 54.3 Å². The summed E-state index contributed by atoms with van der Waals surface area (Å²) in [5.41, 5.74) is 0. The van der Waals surface area contributed by atoms with Gasteiger partial charge in [-0.15, -0.1) is 0 Å². The van der Waals surface area contributed by atoms with Gasteiger partial charge in [-0.1, -0.05) is 0 Å². The van der Waals surface area contributed by atoms with E-state index in [1.165, 1.54) is 0 Å². The van der Waals surface area contributed by atoms with Crippen molar-refractivity contribution < 1.29 is 54.5 Å². The molecule has 0 atom stereocenters. The van der Waals surface area contributed by atoms with E-state index in [9.17, 15) is 0 Å². The van der Waals surface area contributed by atoms with Crippen molar-refractivity contribution in [3.05, 3.63) is 0 Å². The van der Waals surface area contributed by atoms with E-state index < -0.39 is 16.2 Å². The van der Waals surface area contributed by atoms with E-state index >= 15 is 0 Å². The predicted molar refractivity (Wildman–Crippen MR) is 2.49 cm³/mol. The first-order valence-electron chi connectivity index (χ1n) is 0.365. The fourth-order valence-electron chi connectivity index (χ4n) is 0. The minimum atomic E-state index is -1.81. The quantitative estimate of drug-likeness (QED) is 0.307. The van der Waals surface area contributed by atoms with Crippen molar-refractivity contribution in [1.29, 1.82) is 0 Å². The van der Waals surface area contributed by atoms with E-state index in [0.29, 0.717) is 0 Å². The second kappa shape index (κ2) is 8.89. The van der Waals surface area contributed by atoms with Gasteiger partial charge in [0.05, 0.1) is 0 Å². The SMILES string of the molecule is [H-].[Na+].[O]=[V]=[O]. The Morgan fingerprint density at radius 3 is 1.50 bits per heavy atom. The van der Waals surface area contributed by atoms with Crippen LogP contribution in [0.15, 0.2) is 0 Å². The third-order valence-corrected chi connectivity index (χ3v) is 0. The molecule has 4 heteroatoms. The third-order valence-electron chi connectivity index (χ3n) is 0. The zero-order valence-corrected chi connectivity index (χ0v) is 5.66. The summed E-state index contributed by atoms with van der Waals surface area (Å²) >= 11 is -1.81. The predicted octanol–water partition coefficient (Wildman–Crippen LogP) is -3.12. The van der Waals surface area contributed by atoms with Crippen LogP contribution in [-0.2, 0) is 23.5 Å². The Morgan fingerprint density at radius 1 is 1.50 bits per heavy atom. The molecule has 0 N–H and O–H groups in total. The maximum absolute atomic E-state index is 8.47. The van der Waals surface area contributed by atoms with Gasteiger partial charge < -0.3 is 1.43 Å². The van der Waals surface area contributed by atoms with Gasteiger partial charge in [0.25, 0.3) is 0 Å². The molecule has 0 radical (unpaired) electrons. The molecule has 0 amide bonds. The summed E-state index contributed by atoms with van der Waals surface area (Å²) in [6.07, 6.45) is 0. The summed E-state index contributed by atoms with van der Waals surface area (Å²) in [5.74, 6) is 0. The summed E-state index contributed by atoms with van der Waals surface area (Å²) in [6.45, 7) is 0. The van der Waals surface area contributed by atoms with Crippen LogP contribution in [0.25, 0.3) is 0 Å². The average molecular weight is 107 g/mol. The Morgan fingerprint density at radius 2 is 1.50 bits per heavy atom. The number of hydrogen-bond acceptors (Lipinski definition) is 2. The van der Waals surface area contributed by atoms with Crippen molar-refractivity contribution in [3.8, 4) is 0 Å². The van der Waals surface area contributed by atoms with E-state index in [4.69, 9.17) is 7.35 Å². The topological polar surface area (TPSA) is 34.1 Å². The summed E-state index contributed by atoms with van der Waals surface area (Å²) in [7, 11) is 0. The minimum absolute atomic E-state index is 0. The van der Waals surface area contributed by atoms with E-state index in [1.54, 1.807) is 0 Å². The van der Waals surface area contributed by atoms with Crippen LogP contribution in [0.2, 0.25) is 0 Å².